The maximum atomic E-state index is 5.71. The van der Waals surface area contributed by atoms with E-state index in [1.165, 1.54) is 25.1 Å². The molecule has 1 atom stereocenters. The summed E-state index contributed by atoms with van der Waals surface area (Å²) in [4.78, 5) is 5.14. The SMILES string of the molecule is CCC(CCN)N1CCN(Cc2cnn(CC)c2)CC1. The van der Waals surface area contributed by atoms with Crippen LogP contribution in [0.25, 0.3) is 0 Å². The molecule has 0 spiro atoms. The lowest BCUT2D eigenvalue weighted by Gasteiger charge is -2.39. The molecule has 0 aromatic carbocycles. The third kappa shape index (κ3) is 4.04. The first-order valence-electron chi connectivity index (χ1n) is 7.94. The fourth-order valence-corrected chi connectivity index (χ4v) is 3.04. The summed E-state index contributed by atoms with van der Waals surface area (Å²) >= 11 is 0. The Morgan fingerprint density at radius 1 is 1.25 bits per heavy atom. The Labute approximate surface area is 122 Å². The number of nitrogens with two attached hydrogens (primary N) is 1. The summed E-state index contributed by atoms with van der Waals surface area (Å²) in [7, 11) is 0. The van der Waals surface area contributed by atoms with Crippen LogP contribution in [-0.2, 0) is 13.1 Å². The van der Waals surface area contributed by atoms with Gasteiger partial charge in [0.1, 0.15) is 0 Å². The van der Waals surface area contributed by atoms with Gasteiger partial charge in [0.2, 0.25) is 0 Å². The van der Waals surface area contributed by atoms with E-state index in [0.717, 1.165) is 39.1 Å². The molecule has 2 rings (SSSR count). The fraction of sp³-hybridized carbons (Fsp3) is 0.800. The summed E-state index contributed by atoms with van der Waals surface area (Å²) in [5.74, 6) is 0. The van der Waals surface area contributed by atoms with Crippen molar-refractivity contribution in [1.29, 1.82) is 0 Å². The Hall–Kier alpha value is -0.910. The molecule has 1 saturated heterocycles. The van der Waals surface area contributed by atoms with Gasteiger partial charge in [-0.25, -0.2) is 0 Å². The Bertz CT molecular complexity index is 381. The summed E-state index contributed by atoms with van der Waals surface area (Å²) in [6, 6.07) is 0.671. The number of hydrogen-bond donors (Lipinski definition) is 1. The van der Waals surface area contributed by atoms with E-state index >= 15 is 0 Å². The molecule has 2 N–H and O–H groups in total. The van der Waals surface area contributed by atoms with Crippen LogP contribution in [0.15, 0.2) is 12.4 Å². The molecular formula is C15H29N5. The van der Waals surface area contributed by atoms with Crippen molar-refractivity contribution in [2.24, 2.45) is 5.73 Å². The molecule has 0 amide bonds. The highest BCUT2D eigenvalue weighted by Crippen LogP contribution is 2.13. The van der Waals surface area contributed by atoms with Crippen LogP contribution in [0, 0.1) is 0 Å². The van der Waals surface area contributed by atoms with E-state index in [1.807, 2.05) is 10.9 Å². The largest absolute Gasteiger partial charge is 0.330 e. The first-order chi connectivity index (χ1) is 9.76. The van der Waals surface area contributed by atoms with Crippen molar-refractivity contribution in [2.45, 2.75) is 45.8 Å². The quantitative estimate of drug-likeness (QED) is 0.813. The van der Waals surface area contributed by atoms with Crippen LogP contribution in [0.4, 0.5) is 0 Å². The van der Waals surface area contributed by atoms with Crippen molar-refractivity contribution >= 4 is 0 Å². The van der Waals surface area contributed by atoms with Crippen molar-refractivity contribution < 1.29 is 0 Å². The van der Waals surface area contributed by atoms with Crippen LogP contribution in [0.1, 0.15) is 32.3 Å². The topological polar surface area (TPSA) is 50.3 Å². The van der Waals surface area contributed by atoms with Crippen LogP contribution < -0.4 is 5.73 Å². The molecule has 0 aliphatic carbocycles. The van der Waals surface area contributed by atoms with Gasteiger partial charge in [-0.05, 0) is 26.3 Å². The minimum Gasteiger partial charge on any atom is -0.330 e. The predicted octanol–water partition coefficient (Wildman–Crippen LogP) is 1.15. The molecule has 5 heteroatoms. The van der Waals surface area contributed by atoms with Gasteiger partial charge in [0, 0.05) is 57.1 Å². The van der Waals surface area contributed by atoms with E-state index in [1.54, 1.807) is 0 Å². The molecule has 1 aliphatic heterocycles. The van der Waals surface area contributed by atoms with Crippen LogP contribution >= 0.6 is 0 Å². The lowest BCUT2D eigenvalue weighted by atomic mass is 10.1. The minimum absolute atomic E-state index is 0.671. The van der Waals surface area contributed by atoms with Gasteiger partial charge in [0.25, 0.3) is 0 Å². The maximum absolute atomic E-state index is 5.71. The van der Waals surface area contributed by atoms with E-state index in [2.05, 4.69) is 34.9 Å². The third-order valence-corrected chi connectivity index (χ3v) is 4.31. The zero-order chi connectivity index (χ0) is 14.4. The van der Waals surface area contributed by atoms with Crippen LogP contribution in [0.5, 0.6) is 0 Å². The molecular weight excluding hydrogens is 250 g/mol. The van der Waals surface area contributed by atoms with E-state index in [9.17, 15) is 0 Å². The molecule has 5 nitrogen and oxygen atoms in total. The summed E-state index contributed by atoms with van der Waals surface area (Å²) in [5, 5.41) is 4.35. The highest BCUT2D eigenvalue weighted by Gasteiger charge is 2.22. The standard InChI is InChI=1S/C15H29N5/c1-3-15(5-6-16)19-9-7-18(8-10-19)12-14-11-17-20(4-2)13-14/h11,13,15H,3-10,12,16H2,1-2H3. The lowest BCUT2D eigenvalue weighted by Crippen LogP contribution is -2.50. The Morgan fingerprint density at radius 2 is 2.00 bits per heavy atom. The second kappa shape index (κ2) is 7.76. The van der Waals surface area contributed by atoms with E-state index in [-0.39, 0.29) is 0 Å². The van der Waals surface area contributed by atoms with Gasteiger partial charge in [-0.2, -0.15) is 5.10 Å². The molecule has 114 valence electrons. The van der Waals surface area contributed by atoms with Crippen molar-refractivity contribution in [3.8, 4) is 0 Å². The van der Waals surface area contributed by atoms with Crippen molar-refractivity contribution in [1.82, 2.24) is 19.6 Å². The van der Waals surface area contributed by atoms with Crippen molar-refractivity contribution in [3.63, 3.8) is 0 Å². The maximum Gasteiger partial charge on any atom is 0.0534 e. The van der Waals surface area contributed by atoms with Crippen LogP contribution in [0.2, 0.25) is 0 Å². The number of aromatic nitrogens is 2. The second-order valence-electron chi connectivity index (χ2n) is 5.66. The number of hydrogen-bond acceptors (Lipinski definition) is 4. The van der Waals surface area contributed by atoms with Gasteiger partial charge in [0.15, 0.2) is 0 Å². The number of aryl methyl sites for hydroxylation is 1. The summed E-state index contributed by atoms with van der Waals surface area (Å²) in [6.45, 7) is 11.8. The summed E-state index contributed by atoms with van der Waals surface area (Å²) < 4.78 is 2.00. The average Bonchev–Trinajstić information content (AvgIpc) is 2.93. The molecule has 2 heterocycles. The monoisotopic (exact) mass is 279 g/mol. The second-order valence-corrected chi connectivity index (χ2v) is 5.66. The van der Waals surface area contributed by atoms with Gasteiger partial charge in [-0.15, -0.1) is 0 Å². The third-order valence-electron chi connectivity index (χ3n) is 4.31. The van der Waals surface area contributed by atoms with Gasteiger partial charge in [0.05, 0.1) is 6.20 Å². The Kier molecular flexibility index (Phi) is 6.01. The van der Waals surface area contributed by atoms with E-state index in [4.69, 9.17) is 5.73 Å². The van der Waals surface area contributed by atoms with Crippen molar-refractivity contribution in [3.05, 3.63) is 18.0 Å². The smallest absolute Gasteiger partial charge is 0.0534 e. The number of piperazine rings is 1. The summed E-state index contributed by atoms with van der Waals surface area (Å²) in [5.41, 5.74) is 7.04. The highest BCUT2D eigenvalue weighted by molar-refractivity contribution is 5.03. The molecule has 1 unspecified atom stereocenters. The zero-order valence-corrected chi connectivity index (χ0v) is 13.0. The first kappa shape index (κ1) is 15.5. The molecule has 0 radical (unpaired) electrons. The molecule has 0 bridgehead atoms. The number of nitrogens with zero attached hydrogens (tertiary/aromatic N) is 4. The minimum atomic E-state index is 0.671. The molecule has 20 heavy (non-hydrogen) atoms. The van der Waals surface area contributed by atoms with Gasteiger partial charge < -0.3 is 5.73 Å². The summed E-state index contributed by atoms with van der Waals surface area (Å²) in [6.07, 6.45) is 6.50. The first-order valence-corrected chi connectivity index (χ1v) is 7.94. The van der Waals surface area contributed by atoms with E-state index < -0.39 is 0 Å². The van der Waals surface area contributed by atoms with Crippen LogP contribution in [-0.4, -0.2) is 58.3 Å². The molecule has 1 aromatic heterocycles. The predicted molar refractivity (Wildman–Crippen MR) is 82.5 cm³/mol. The number of rotatable bonds is 7. The van der Waals surface area contributed by atoms with Gasteiger partial charge >= 0.3 is 0 Å². The van der Waals surface area contributed by atoms with Crippen molar-refractivity contribution in [2.75, 3.05) is 32.7 Å². The fourth-order valence-electron chi connectivity index (χ4n) is 3.04. The highest BCUT2D eigenvalue weighted by atomic mass is 15.3. The van der Waals surface area contributed by atoms with Gasteiger partial charge in [-0.1, -0.05) is 6.92 Å². The zero-order valence-electron chi connectivity index (χ0n) is 13.0. The van der Waals surface area contributed by atoms with Crippen LogP contribution in [0.3, 0.4) is 0 Å². The Balaban J connectivity index is 1.78. The Morgan fingerprint density at radius 3 is 2.55 bits per heavy atom. The normalized spacial score (nSPS) is 19.4. The molecule has 0 saturated carbocycles. The average molecular weight is 279 g/mol. The van der Waals surface area contributed by atoms with E-state index in [0.29, 0.717) is 6.04 Å². The molecule has 1 aromatic rings. The molecule has 1 fully saturated rings. The lowest BCUT2D eigenvalue weighted by molar-refractivity contribution is 0.0871. The molecule has 1 aliphatic rings. The van der Waals surface area contributed by atoms with Gasteiger partial charge in [-0.3, -0.25) is 14.5 Å².